The minimum absolute atomic E-state index is 0.145. The molecule has 0 saturated heterocycles. The van der Waals surface area contributed by atoms with Gasteiger partial charge in [0.25, 0.3) is 0 Å². The Bertz CT molecular complexity index is 320. The molecule has 2 nitrogen and oxygen atoms in total. The normalized spacial score (nSPS) is 12.2. The maximum atomic E-state index is 10.8. The van der Waals surface area contributed by atoms with Crippen LogP contribution in [0.2, 0.25) is 0 Å². The number of carbonyl (C=O) groups excluding carboxylic acids is 1. The molecule has 0 N–H and O–H groups in total. The lowest BCUT2D eigenvalue weighted by Crippen LogP contribution is -2.13. The number of hydrogen-bond acceptors (Lipinski definition) is 2. The molecule has 0 aromatic heterocycles. The van der Waals surface area contributed by atoms with Crippen molar-refractivity contribution in [1.29, 1.82) is 0 Å². The fraction of sp³-hybridized carbons (Fsp3) is 0.462. The second-order valence-corrected chi connectivity index (χ2v) is 4.03. The van der Waals surface area contributed by atoms with Crippen LogP contribution in [0.4, 0.5) is 5.69 Å². The average molecular weight is 205 g/mol. The molecule has 0 saturated carbocycles. The van der Waals surface area contributed by atoms with E-state index in [4.69, 9.17) is 0 Å². The van der Waals surface area contributed by atoms with E-state index in [1.807, 2.05) is 26.2 Å². The number of rotatable bonds is 5. The maximum Gasteiger partial charge on any atom is 0.123 e. The summed E-state index contributed by atoms with van der Waals surface area (Å²) in [5, 5.41) is 0. The molecule has 0 radical (unpaired) electrons. The van der Waals surface area contributed by atoms with Crippen molar-refractivity contribution < 1.29 is 4.79 Å². The molecule has 0 fully saturated rings. The van der Waals surface area contributed by atoms with Crippen LogP contribution in [0.3, 0.4) is 0 Å². The van der Waals surface area contributed by atoms with Gasteiger partial charge in [-0.1, -0.05) is 25.1 Å². The van der Waals surface area contributed by atoms with Crippen LogP contribution >= 0.6 is 0 Å². The third-order valence-electron chi connectivity index (χ3n) is 2.67. The SMILES string of the molecule is CCC(C=O)Cc1ccccc1N(C)C. The van der Waals surface area contributed by atoms with E-state index < -0.39 is 0 Å². The summed E-state index contributed by atoms with van der Waals surface area (Å²) in [4.78, 5) is 12.9. The van der Waals surface area contributed by atoms with E-state index in [1.54, 1.807) is 0 Å². The monoisotopic (exact) mass is 205 g/mol. The van der Waals surface area contributed by atoms with Crippen molar-refractivity contribution >= 4 is 12.0 Å². The van der Waals surface area contributed by atoms with Crippen molar-refractivity contribution in [3.63, 3.8) is 0 Å². The van der Waals surface area contributed by atoms with E-state index >= 15 is 0 Å². The number of benzene rings is 1. The summed E-state index contributed by atoms with van der Waals surface area (Å²) >= 11 is 0. The number of aldehydes is 1. The Labute approximate surface area is 91.9 Å². The van der Waals surface area contributed by atoms with E-state index in [0.29, 0.717) is 0 Å². The molecule has 1 unspecified atom stereocenters. The van der Waals surface area contributed by atoms with Crippen molar-refractivity contribution in [1.82, 2.24) is 0 Å². The molecule has 2 heteroatoms. The Balaban J connectivity index is 2.88. The molecule has 1 atom stereocenters. The fourth-order valence-electron chi connectivity index (χ4n) is 1.69. The van der Waals surface area contributed by atoms with E-state index in [-0.39, 0.29) is 5.92 Å². The first kappa shape index (κ1) is 11.8. The molecule has 15 heavy (non-hydrogen) atoms. The lowest BCUT2D eigenvalue weighted by atomic mass is 9.97. The number of para-hydroxylation sites is 1. The third-order valence-corrected chi connectivity index (χ3v) is 2.67. The molecule has 0 aliphatic rings. The van der Waals surface area contributed by atoms with Gasteiger partial charge in [-0.25, -0.2) is 0 Å². The van der Waals surface area contributed by atoms with Gasteiger partial charge in [-0.05, 0) is 24.5 Å². The summed E-state index contributed by atoms with van der Waals surface area (Å²) in [5.74, 6) is 0.145. The van der Waals surface area contributed by atoms with Crippen molar-refractivity contribution in [3.05, 3.63) is 29.8 Å². The van der Waals surface area contributed by atoms with Crippen LogP contribution in [0.15, 0.2) is 24.3 Å². The van der Waals surface area contributed by atoms with Gasteiger partial charge in [-0.3, -0.25) is 0 Å². The van der Waals surface area contributed by atoms with Crippen LogP contribution in [-0.2, 0) is 11.2 Å². The maximum absolute atomic E-state index is 10.8. The Morgan fingerprint density at radius 1 is 1.33 bits per heavy atom. The van der Waals surface area contributed by atoms with Gasteiger partial charge in [0, 0.05) is 25.7 Å². The van der Waals surface area contributed by atoms with Gasteiger partial charge in [0.2, 0.25) is 0 Å². The summed E-state index contributed by atoms with van der Waals surface area (Å²) in [7, 11) is 4.06. The molecule has 0 aliphatic heterocycles. The number of nitrogens with zero attached hydrogens (tertiary/aromatic N) is 1. The van der Waals surface area contributed by atoms with Crippen molar-refractivity contribution in [2.75, 3.05) is 19.0 Å². The Hall–Kier alpha value is -1.31. The van der Waals surface area contributed by atoms with Crippen LogP contribution in [0.25, 0.3) is 0 Å². The van der Waals surface area contributed by atoms with Gasteiger partial charge in [0.1, 0.15) is 6.29 Å². The summed E-state index contributed by atoms with van der Waals surface area (Å²) in [6.07, 6.45) is 2.81. The molecule has 1 aromatic rings. The zero-order valence-corrected chi connectivity index (χ0v) is 9.73. The third kappa shape index (κ3) is 3.08. The van der Waals surface area contributed by atoms with Gasteiger partial charge in [0.05, 0.1) is 0 Å². The summed E-state index contributed by atoms with van der Waals surface area (Å²) < 4.78 is 0. The van der Waals surface area contributed by atoms with E-state index in [2.05, 4.69) is 24.0 Å². The Kier molecular flexibility index (Phi) is 4.35. The predicted molar refractivity (Wildman–Crippen MR) is 64.3 cm³/mol. The summed E-state index contributed by atoms with van der Waals surface area (Å²) in [6, 6.07) is 8.24. The molecular formula is C13H19NO. The van der Waals surface area contributed by atoms with Gasteiger partial charge in [0.15, 0.2) is 0 Å². The second-order valence-electron chi connectivity index (χ2n) is 4.03. The topological polar surface area (TPSA) is 20.3 Å². The van der Waals surface area contributed by atoms with Gasteiger partial charge < -0.3 is 9.69 Å². The van der Waals surface area contributed by atoms with Crippen molar-refractivity contribution in [2.45, 2.75) is 19.8 Å². The summed E-state index contributed by atoms with van der Waals surface area (Å²) in [6.45, 7) is 2.05. The zero-order chi connectivity index (χ0) is 11.3. The smallest absolute Gasteiger partial charge is 0.123 e. The molecule has 0 heterocycles. The Morgan fingerprint density at radius 3 is 2.53 bits per heavy atom. The number of anilines is 1. The molecule has 0 amide bonds. The molecule has 1 aromatic carbocycles. The number of carbonyl (C=O) groups is 1. The van der Waals surface area contributed by atoms with E-state index in [9.17, 15) is 4.79 Å². The zero-order valence-electron chi connectivity index (χ0n) is 9.73. The fourth-order valence-corrected chi connectivity index (χ4v) is 1.69. The summed E-state index contributed by atoms with van der Waals surface area (Å²) in [5.41, 5.74) is 2.46. The highest BCUT2D eigenvalue weighted by atomic mass is 16.1. The predicted octanol–water partition coefficient (Wildman–Crippen LogP) is 2.52. The van der Waals surface area contributed by atoms with Crippen molar-refractivity contribution in [3.8, 4) is 0 Å². The van der Waals surface area contributed by atoms with E-state index in [0.717, 1.165) is 19.1 Å². The first-order chi connectivity index (χ1) is 7.19. The number of hydrogen-bond donors (Lipinski definition) is 0. The molecule has 0 bridgehead atoms. The van der Waals surface area contributed by atoms with Crippen LogP contribution in [0.5, 0.6) is 0 Å². The highest BCUT2D eigenvalue weighted by molar-refractivity contribution is 5.58. The first-order valence-electron chi connectivity index (χ1n) is 5.39. The minimum Gasteiger partial charge on any atom is -0.377 e. The minimum atomic E-state index is 0.145. The quantitative estimate of drug-likeness (QED) is 0.688. The van der Waals surface area contributed by atoms with Crippen LogP contribution in [-0.4, -0.2) is 20.4 Å². The van der Waals surface area contributed by atoms with Crippen molar-refractivity contribution in [2.24, 2.45) is 5.92 Å². The lowest BCUT2D eigenvalue weighted by molar-refractivity contribution is -0.111. The largest absolute Gasteiger partial charge is 0.377 e. The molecule has 1 rings (SSSR count). The van der Waals surface area contributed by atoms with Gasteiger partial charge in [-0.15, -0.1) is 0 Å². The van der Waals surface area contributed by atoms with Gasteiger partial charge in [-0.2, -0.15) is 0 Å². The molecule has 0 spiro atoms. The first-order valence-corrected chi connectivity index (χ1v) is 5.39. The van der Waals surface area contributed by atoms with E-state index in [1.165, 1.54) is 11.3 Å². The van der Waals surface area contributed by atoms with Crippen LogP contribution in [0, 0.1) is 5.92 Å². The molecule has 82 valence electrons. The standard InChI is InChI=1S/C13H19NO/c1-4-11(10-15)9-12-7-5-6-8-13(12)14(2)3/h5-8,10-11H,4,9H2,1-3H3. The Morgan fingerprint density at radius 2 is 2.00 bits per heavy atom. The highest BCUT2D eigenvalue weighted by Gasteiger charge is 2.09. The molecular weight excluding hydrogens is 186 g/mol. The van der Waals surface area contributed by atoms with Gasteiger partial charge >= 0.3 is 0 Å². The van der Waals surface area contributed by atoms with Crippen LogP contribution < -0.4 is 4.90 Å². The lowest BCUT2D eigenvalue weighted by Gasteiger charge is -2.18. The highest BCUT2D eigenvalue weighted by Crippen LogP contribution is 2.21. The average Bonchev–Trinajstić information content (AvgIpc) is 2.26. The second kappa shape index (κ2) is 5.54. The van der Waals surface area contributed by atoms with Crippen LogP contribution in [0.1, 0.15) is 18.9 Å². The molecule has 0 aliphatic carbocycles.